The standard InChI is InChI=1S/C22H27N7O2S/c1-11-8-25-19-18(24)20(32-22(19)26-11)21(30)27-13-4-5-15-12(7-13)3-6-17(28-15)29-9-14(23)16(10-29)31-2/h3,6,8,13-14,16H,4-5,7,9-10,23-24H2,1-2H3,(H,27,30)/t13-,14-,16-/m0/s1. The van der Waals surface area contributed by atoms with Crippen molar-refractivity contribution in [2.24, 2.45) is 5.73 Å². The van der Waals surface area contributed by atoms with Crippen LogP contribution in [0.4, 0.5) is 11.5 Å². The van der Waals surface area contributed by atoms with Crippen LogP contribution < -0.4 is 21.7 Å². The summed E-state index contributed by atoms with van der Waals surface area (Å²) >= 11 is 1.29. The first kappa shape index (κ1) is 21.0. The minimum absolute atomic E-state index is 0.00641. The van der Waals surface area contributed by atoms with Gasteiger partial charge in [0.05, 0.1) is 23.5 Å². The third-order valence-electron chi connectivity index (χ3n) is 6.29. The number of fused-ring (bicyclic) bond motifs is 2. The Morgan fingerprint density at radius 3 is 2.94 bits per heavy atom. The van der Waals surface area contributed by atoms with Crippen LogP contribution in [0.25, 0.3) is 10.3 Å². The van der Waals surface area contributed by atoms with Gasteiger partial charge in [0.15, 0.2) is 0 Å². The number of nitrogens with one attached hydrogen (secondary N) is 1. The zero-order valence-electron chi connectivity index (χ0n) is 18.2. The summed E-state index contributed by atoms with van der Waals surface area (Å²) < 4.78 is 5.46. The number of amides is 1. The molecule has 0 saturated carbocycles. The van der Waals surface area contributed by atoms with Gasteiger partial charge in [0.1, 0.15) is 21.0 Å². The van der Waals surface area contributed by atoms with E-state index in [0.717, 1.165) is 49.6 Å². The first-order valence-corrected chi connectivity index (χ1v) is 11.6. The van der Waals surface area contributed by atoms with E-state index in [1.54, 1.807) is 13.3 Å². The number of aromatic nitrogens is 3. The van der Waals surface area contributed by atoms with Crippen LogP contribution >= 0.6 is 11.3 Å². The first-order valence-electron chi connectivity index (χ1n) is 10.8. The van der Waals surface area contributed by atoms with Gasteiger partial charge in [0.2, 0.25) is 0 Å². The van der Waals surface area contributed by atoms with E-state index in [9.17, 15) is 4.79 Å². The Labute approximate surface area is 190 Å². The van der Waals surface area contributed by atoms with Crippen molar-refractivity contribution in [2.75, 3.05) is 30.8 Å². The molecule has 2 aliphatic rings. The van der Waals surface area contributed by atoms with Crippen molar-refractivity contribution < 1.29 is 9.53 Å². The Bertz CT molecular complexity index is 1180. The lowest BCUT2D eigenvalue weighted by atomic mass is 9.91. The molecule has 9 nitrogen and oxygen atoms in total. The van der Waals surface area contributed by atoms with Crippen molar-refractivity contribution in [3.63, 3.8) is 0 Å². The first-order chi connectivity index (χ1) is 15.4. The Kier molecular flexibility index (Phi) is 5.44. The summed E-state index contributed by atoms with van der Waals surface area (Å²) in [5.74, 6) is 0.772. The van der Waals surface area contributed by atoms with Gasteiger partial charge in [-0.05, 0) is 37.8 Å². The number of anilines is 2. The number of hydrogen-bond acceptors (Lipinski definition) is 9. The van der Waals surface area contributed by atoms with Crippen molar-refractivity contribution in [1.82, 2.24) is 20.3 Å². The van der Waals surface area contributed by atoms with Gasteiger partial charge in [-0.2, -0.15) is 0 Å². The van der Waals surface area contributed by atoms with Gasteiger partial charge in [0.25, 0.3) is 5.91 Å². The average molecular weight is 454 g/mol. The second-order valence-corrected chi connectivity index (χ2v) is 9.54. The molecule has 0 bridgehead atoms. The largest absolute Gasteiger partial charge is 0.396 e. The van der Waals surface area contributed by atoms with E-state index in [2.05, 4.69) is 26.3 Å². The fourth-order valence-electron chi connectivity index (χ4n) is 4.52. The summed E-state index contributed by atoms with van der Waals surface area (Å²) in [7, 11) is 1.70. The lowest BCUT2D eigenvalue weighted by Crippen LogP contribution is -2.39. The molecule has 0 radical (unpaired) electrons. The maximum Gasteiger partial charge on any atom is 0.263 e. The van der Waals surface area contributed by atoms with E-state index < -0.39 is 0 Å². The average Bonchev–Trinajstić information content (AvgIpc) is 3.32. The molecule has 4 heterocycles. The van der Waals surface area contributed by atoms with E-state index in [0.29, 0.717) is 20.9 Å². The Morgan fingerprint density at radius 1 is 1.31 bits per heavy atom. The molecule has 1 saturated heterocycles. The predicted molar refractivity (Wildman–Crippen MR) is 125 cm³/mol. The molecule has 1 fully saturated rings. The number of aryl methyl sites for hydroxylation is 2. The number of carbonyl (C=O) groups excluding carboxylic acids is 1. The molecule has 1 amide bonds. The number of rotatable bonds is 4. The van der Waals surface area contributed by atoms with Crippen molar-refractivity contribution >= 4 is 39.1 Å². The van der Waals surface area contributed by atoms with Crippen molar-refractivity contribution in [2.45, 2.75) is 44.4 Å². The second kappa shape index (κ2) is 8.27. The summed E-state index contributed by atoms with van der Waals surface area (Å²) in [4.78, 5) is 29.9. The lowest BCUT2D eigenvalue weighted by Gasteiger charge is -2.26. The Hall–Kier alpha value is -2.82. The maximum atomic E-state index is 12.9. The Balaban J connectivity index is 1.28. The monoisotopic (exact) mass is 453 g/mol. The summed E-state index contributed by atoms with van der Waals surface area (Å²) in [6.45, 7) is 3.36. The summed E-state index contributed by atoms with van der Waals surface area (Å²) in [6, 6.07) is 4.19. The van der Waals surface area contributed by atoms with Crippen LogP contribution in [-0.4, -0.2) is 59.2 Å². The zero-order valence-corrected chi connectivity index (χ0v) is 19.0. The number of thiophene rings is 1. The molecular weight excluding hydrogens is 426 g/mol. The summed E-state index contributed by atoms with van der Waals surface area (Å²) in [5.41, 5.74) is 16.4. The number of pyridine rings is 1. The van der Waals surface area contributed by atoms with Crippen molar-refractivity contribution in [1.29, 1.82) is 0 Å². The topological polar surface area (TPSA) is 132 Å². The molecule has 5 N–H and O–H groups in total. The van der Waals surface area contributed by atoms with Crippen molar-refractivity contribution in [3.05, 3.63) is 40.2 Å². The third-order valence-corrected chi connectivity index (χ3v) is 7.37. The van der Waals surface area contributed by atoms with Crippen LogP contribution in [0.15, 0.2) is 18.3 Å². The fraction of sp³-hybridized carbons (Fsp3) is 0.455. The Morgan fingerprint density at radius 2 is 2.16 bits per heavy atom. The number of carbonyl (C=O) groups is 1. The molecule has 32 heavy (non-hydrogen) atoms. The molecule has 1 aliphatic heterocycles. The van der Waals surface area contributed by atoms with Gasteiger partial charge in [-0.1, -0.05) is 6.07 Å². The minimum atomic E-state index is -0.167. The molecule has 0 aromatic carbocycles. The van der Waals surface area contributed by atoms with Gasteiger partial charge in [-0.25, -0.2) is 15.0 Å². The van der Waals surface area contributed by atoms with Crippen molar-refractivity contribution in [3.8, 4) is 0 Å². The van der Waals surface area contributed by atoms with Gasteiger partial charge in [-0.3, -0.25) is 4.79 Å². The summed E-state index contributed by atoms with van der Waals surface area (Å²) in [5, 5.41) is 3.15. The molecule has 3 aromatic rings. The number of nitrogen functional groups attached to an aromatic ring is 1. The molecule has 0 spiro atoms. The van der Waals surface area contributed by atoms with Crippen LogP contribution in [0, 0.1) is 6.92 Å². The number of nitrogens with two attached hydrogens (primary N) is 2. The molecular formula is C22H27N7O2S. The number of ether oxygens (including phenoxy) is 1. The van der Waals surface area contributed by atoms with Gasteiger partial charge in [0, 0.05) is 38.1 Å². The van der Waals surface area contributed by atoms with Gasteiger partial charge < -0.3 is 26.4 Å². The summed E-state index contributed by atoms with van der Waals surface area (Å²) in [6.07, 6.45) is 4.08. The molecule has 5 rings (SSSR count). The number of nitrogens with zero attached hydrogens (tertiary/aromatic N) is 4. The van der Waals surface area contributed by atoms with E-state index in [-0.39, 0.29) is 24.1 Å². The quantitative estimate of drug-likeness (QED) is 0.540. The molecule has 10 heteroatoms. The molecule has 0 unspecified atom stereocenters. The highest BCUT2D eigenvalue weighted by Gasteiger charge is 2.32. The smallest absolute Gasteiger partial charge is 0.263 e. The molecule has 1 aliphatic carbocycles. The fourth-order valence-corrected chi connectivity index (χ4v) is 5.52. The van der Waals surface area contributed by atoms with Crippen LogP contribution in [0.5, 0.6) is 0 Å². The molecule has 168 valence electrons. The number of hydrogen-bond donors (Lipinski definition) is 3. The molecule has 3 atom stereocenters. The maximum absolute atomic E-state index is 12.9. The van der Waals surface area contributed by atoms with E-state index in [4.69, 9.17) is 21.2 Å². The third kappa shape index (κ3) is 3.78. The highest BCUT2D eigenvalue weighted by atomic mass is 32.1. The van der Waals surface area contributed by atoms with E-state index in [1.165, 1.54) is 16.9 Å². The van der Waals surface area contributed by atoms with Crippen LogP contribution in [-0.2, 0) is 17.6 Å². The van der Waals surface area contributed by atoms with E-state index in [1.807, 2.05) is 13.0 Å². The van der Waals surface area contributed by atoms with Crippen LogP contribution in [0.1, 0.15) is 33.0 Å². The second-order valence-electron chi connectivity index (χ2n) is 8.54. The molecule has 3 aromatic heterocycles. The lowest BCUT2D eigenvalue weighted by molar-refractivity contribution is 0.0938. The normalized spacial score (nSPS) is 22.8. The van der Waals surface area contributed by atoms with Gasteiger partial charge >= 0.3 is 0 Å². The predicted octanol–water partition coefficient (Wildman–Crippen LogP) is 1.43. The highest BCUT2D eigenvalue weighted by molar-refractivity contribution is 7.21. The van der Waals surface area contributed by atoms with E-state index >= 15 is 0 Å². The minimum Gasteiger partial charge on any atom is -0.396 e. The SMILES string of the molecule is CO[C@H]1CN(c2ccc3c(n2)CC[C@H](NC(=O)c2sc4nc(C)cnc4c2N)C3)C[C@@H]1N. The highest BCUT2D eigenvalue weighted by Crippen LogP contribution is 2.31. The van der Waals surface area contributed by atoms with Gasteiger partial charge in [-0.15, -0.1) is 11.3 Å². The zero-order chi connectivity index (χ0) is 22.4. The number of methoxy groups -OCH3 is 1. The van der Waals surface area contributed by atoms with Crippen LogP contribution in [0.2, 0.25) is 0 Å². The van der Waals surface area contributed by atoms with Crippen LogP contribution in [0.3, 0.4) is 0 Å².